The van der Waals surface area contributed by atoms with E-state index in [1.807, 2.05) is 0 Å². The molecular weight excluding hydrogens is 647 g/mol. The Balaban J connectivity index is 1.53. The Morgan fingerprint density at radius 2 is 1.37 bits per heavy atom. The number of sulfone groups is 1. The van der Waals surface area contributed by atoms with E-state index in [1.54, 1.807) is 4.90 Å². The first-order chi connectivity index (χ1) is 21.4. The van der Waals surface area contributed by atoms with Gasteiger partial charge in [0.1, 0.15) is 10.6 Å². The molecule has 252 valence electrons. The Hall–Kier alpha value is -3.40. The van der Waals surface area contributed by atoms with E-state index in [1.165, 1.54) is 16.7 Å². The van der Waals surface area contributed by atoms with E-state index in [2.05, 4.69) is 4.74 Å². The molecule has 3 amide bonds. The molecule has 0 unspecified atom stereocenters. The molecule has 46 heavy (non-hydrogen) atoms. The van der Waals surface area contributed by atoms with E-state index in [9.17, 15) is 48.7 Å². The second-order valence-electron chi connectivity index (χ2n) is 11.9. The molecule has 3 fully saturated rings. The first-order valence-electron chi connectivity index (χ1n) is 14.6. The lowest BCUT2D eigenvalue weighted by Gasteiger charge is -2.38. The summed E-state index contributed by atoms with van der Waals surface area (Å²) in [6.45, 7) is 0.939. The highest BCUT2D eigenvalue weighted by molar-refractivity contribution is 7.92. The van der Waals surface area contributed by atoms with Gasteiger partial charge in [-0.1, -0.05) is 24.3 Å². The number of piperazine rings is 1. The Kier molecular flexibility index (Phi) is 8.85. The summed E-state index contributed by atoms with van der Waals surface area (Å²) in [4.78, 5) is 29.1. The summed E-state index contributed by atoms with van der Waals surface area (Å²) in [5.74, 6) is -1.33. The van der Waals surface area contributed by atoms with Crippen LogP contribution in [-0.4, -0.2) is 93.3 Å². The zero-order chi connectivity index (χ0) is 33.7. The van der Waals surface area contributed by atoms with Gasteiger partial charge < -0.3 is 19.4 Å². The Labute approximate surface area is 261 Å². The van der Waals surface area contributed by atoms with Gasteiger partial charge in [0.2, 0.25) is 5.91 Å². The molecule has 2 saturated heterocycles. The number of ether oxygens (including phenoxy) is 1. The molecule has 2 heterocycles. The number of rotatable bonds is 7. The normalized spacial score (nSPS) is 21.5. The minimum Gasteiger partial charge on any atom is -0.354 e. The average Bonchev–Trinajstić information content (AvgIpc) is 3.70. The Bertz CT molecular complexity index is 1540. The molecule has 0 radical (unpaired) electrons. The number of alkyl halides is 6. The number of carbonyl (C=O) groups excluding carboxylic acids is 2. The fourth-order valence-electron chi connectivity index (χ4n) is 6.08. The zero-order valence-corrected chi connectivity index (χ0v) is 25.5. The van der Waals surface area contributed by atoms with Gasteiger partial charge >= 0.3 is 18.4 Å². The van der Waals surface area contributed by atoms with Crippen LogP contribution >= 0.6 is 0 Å². The van der Waals surface area contributed by atoms with Crippen LogP contribution in [0.5, 0.6) is 0 Å². The second-order valence-corrected chi connectivity index (χ2v) is 14.2. The number of benzene rings is 2. The largest absolute Gasteiger partial charge is 0.430 e. The van der Waals surface area contributed by atoms with Gasteiger partial charge in [-0.05, 0) is 55.0 Å². The maximum Gasteiger partial charge on any atom is 0.430 e. The van der Waals surface area contributed by atoms with Crippen LogP contribution in [0.4, 0.5) is 35.5 Å². The van der Waals surface area contributed by atoms with Gasteiger partial charge in [-0.15, -0.1) is 0 Å². The minimum absolute atomic E-state index is 0.104. The number of likely N-dealkylation sites (tertiary alicyclic amines) is 1. The fourth-order valence-corrected chi connectivity index (χ4v) is 8.16. The minimum atomic E-state index is -5.90. The molecule has 16 heteroatoms. The van der Waals surface area contributed by atoms with E-state index < -0.39 is 69.0 Å². The van der Waals surface area contributed by atoms with Crippen molar-refractivity contribution in [3.05, 3.63) is 65.5 Å². The number of halogens is 7. The number of hydrogen-bond acceptors (Lipinski definition) is 5. The number of urea groups is 1. The molecule has 0 N–H and O–H groups in total. The van der Waals surface area contributed by atoms with Crippen molar-refractivity contribution in [2.75, 3.05) is 45.9 Å². The maximum atomic E-state index is 14.3. The number of amides is 3. The lowest BCUT2D eigenvalue weighted by Crippen LogP contribution is -2.56. The van der Waals surface area contributed by atoms with Gasteiger partial charge in [0.15, 0.2) is 9.84 Å². The number of nitrogens with zero attached hydrogens (tertiary/aromatic N) is 3. The van der Waals surface area contributed by atoms with Crippen LogP contribution in [0, 0.1) is 11.7 Å². The van der Waals surface area contributed by atoms with Crippen LogP contribution in [0.2, 0.25) is 0 Å². The molecule has 0 aromatic heterocycles. The Morgan fingerprint density at radius 1 is 0.826 bits per heavy atom. The predicted octanol–water partition coefficient (Wildman–Crippen LogP) is 5.23. The van der Waals surface area contributed by atoms with Crippen LogP contribution in [0.3, 0.4) is 0 Å². The highest BCUT2D eigenvalue weighted by Gasteiger charge is 2.73. The highest BCUT2D eigenvalue weighted by atomic mass is 32.2. The third-order valence-corrected chi connectivity index (χ3v) is 11.5. The molecule has 2 aromatic rings. The van der Waals surface area contributed by atoms with Crippen LogP contribution < -0.4 is 0 Å². The second kappa shape index (κ2) is 12.0. The lowest BCUT2D eigenvalue weighted by atomic mass is 9.88. The summed E-state index contributed by atoms with van der Waals surface area (Å²) in [5, 5.41) is 0. The van der Waals surface area contributed by atoms with E-state index in [0.717, 1.165) is 36.4 Å². The van der Waals surface area contributed by atoms with Crippen molar-refractivity contribution in [1.82, 2.24) is 14.7 Å². The van der Waals surface area contributed by atoms with Crippen molar-refractivity contribution in [3.63, 3.8) is 0 Å². The van der Waals surface area contributed by atoms with Crippen molar-refractivity contribution in [2.45, 2.75) is 53.8 Å². The smallest absolute Gasteiger partial charge is 0.354 e. The van der Waals surface area contributed by atoms with Gasteiger partial charge in [-0.25, -0.2) is 17.6 Å². The zero-order valence-electron chi connectivity index (χ0n) is 24.7. The summed E-state index contributed by atoms with van der Waals surface area (Å²) >= 11 is 0. The van der Waals surface area contributed by atoms with Gasteiger partial charge in [-0.2, -0.15) is 26.3 Å². The lowest BCUT2D eigenvalue weighted by molar-refractivity contribution is -0.390. The molecule has 0 spiro atoms. The summed E-state index contributed by atoms with van der Waals surface area (Å²) in [7, 11) is -4.51. The van der Waals surface area contributed by atoms with Crippen molar-refractivity contribution < 1.29 is 53.5 Å². The standard InChI is InChI=1S/C30H32F7N3O5S/c1-20(41)38-14-16-39(17-15-38)26(42)40-13-12-27(19-40,46(43,44)25-10-8-24(31)9-11-25)22-4-6-23(7-5-22)28(29(32,33)34,30(35,36)37)45-18-21-2-3-21/h4-11,21H,2-3,12-19H2,1H3/t27-/m0/s1. The molecule has 1 atom stereocenters. The summed E-state index contributed by atoms with van der Waals surface area (Å²) in [6.07, 6.45) is -11.2. The topological polar surface area (TPSA) is 87.2 Å². The third kappa shape index (κ3) is 5.93. The van der Waals surface area contributed by atoms with Gasteiger partial charge in [0.05, 0.1) is 11.5 Å². The van der Waals surface area contributed by atoms with Crippen LogP contribution in [0.1, 0.15) is 37.3 Å². The highest BCUT2D eigenvalue weighted by Crippen LogP contribution is 2.54. The van der Waals surface area contributed by atoms with Crippen LogP contribution in [0.15, 0.2) is 53.4 Å². The van der Waals surface area contributed by atoms with Crippen molar-refractivity contribution >= 4 is 21.8 Å². The molecule has 2 aliphatic heterocycles. The summed E-state index contributed by atoms with van der Waals surface area (Å²) < 4.78 is 131. The summed E-state index contributed by atoms with van der Waals surface area (Å²) in [6, 6.07) is 6.23. The van der Waals surface area contributed by atoms with E-state index in [4.69, 9.17) is 0 Å². The van der Waals surface area contributed by atoms with Gasteiger partial charge in [0, 0.05) is 51.8 Å². The number of hydrogen-bond donors (Lipinski definition) is 0. The quantitative estimate of drug-likeness (QED) is 0.296. The first-order valence-corrected chi connectivity index (χ1v) is 16.1. The van der Waals surface area contributed by atoms with E-state index in [-0.39, 0.29) is 55.5 Å². The SMILES string of the molecule is CC(=O)N1CCN(C(=O)N2CC[C@](c3ccc(C(OCC4CC4)(C(F)(F)F)C(F)(F)F)cc3)(S(=O)(=O)c3ccc(F)cc3)C2)CC1. The molecule has 5 rings (SSSR count). The molecule has 1 saturated carbocycles. The van der Waals surface area contributed by atoms with Crippen molar-refractivity contribution in [2.24, 2.45) is 5.92 Å². The van der Waals surface area contributed by atoms with Gasteiger partial charge in [-0.3, -0.25) is 4.79 Å². The monoisotopic (exact) mass is 679 g/mol. The third-order valence-electron chi connectivity index (χ3n) is 8.98. The molecule has 0 bridgehead atoms. The molecule has 1 aliphatic carbocycles. The Morgan fingerprint density at radius 3 is 1.87 bits per heavy atom. The fraction of sp³-hybridized carbons (Fsp3) is 0.533. The predicted molar refractivity (Wildman–Crippen MR) is 150 cm³/mol. The summed E-state index contributed by atoms with van der Waals surface area (Å²) in [5.41, 5.74) is -6.05. The average molecular weight is 680 g/mol. The van der Waals surface area contributed by atoms with Crippen LogP contribution in [0.25, 0.3) is 0 Å². The first kappa shape index (κ1) is 33.9. The molecular formula is C30H32F7N3O5S. The molecule has 2 aromatic carbocycles. The maximum absolute atomic E-state index is 14.3. The van der Waals surface area contributed by atoms with Crippen molar-refractivity contribution in [3.8, 4) is 0 Å². The van der Waals surface area contributed by atoms with Gasteiger partial charge in [0.25, 0.3) is 5.60 Å². The van der Waals surface area contributed by atoms with Crippen LogP contribution in [-0.2, 0) is 29.7 Å². The number of carbonyl (C=O) groups is 2. The van der Waals surface area contributed by atoms with Crippen molar-refractivity contribution in [1.29, 1.82) is 0 Å². The van der Waals surface area contributed by atoms with E-state index >= 15 is 0 Å². The molecule has 8 nitrogen and oxygen atoms in total. The molecule has 3 aliphatic rings. The van der Waals surface area contributed by atoms with E-state index in [0.29, 0.717) is 25.0 Å².